The monoisotopic (exact) mass is 789 g/mol. The minimum Gasteiger partial charge on any atom is -0.744 e. The Bertz CT molecular complexity index is 1180. The summed E-state index contributed by atoms with van der Waals surface area (Å²) in [6, 6.07) is 8.11. The summed E-state index contributed by atoms with van der Waals surface area (Å²) in [5.74, 6) is 2.10. The Balaban J connectivity index is 1.50. The predicted molar refractivity (Wildman–Crippen MR) is 144 cm³/mol. The molecule has 170 valence electrons. The fraction of sp³-hybridized carbons (Fsp3) is 0.435. The van der Waals surface area contributed by atoms with E-state index in [1.165, 1.54) is 18.6 Å². The van der Waals surface area contributed by atoms with Gasteiger partial charge in [-0.25, -0.2) is 13.2 Å². The second-order valence-corrected chi connectivity index (χ2v) is 14.1. The standard InChI is InChI=1S/C23H21I3O5S/c24-18-10-20(26)19(25)9-16(18)23(27)31-15-1-2-21(32(28,29)30)17(8-15)22-13-4-11-3-12(6-13)7-14(22)5-11/h1-2,8-14,22H,3-7H2,(H,28,29,30)/p-1. The Labute approximate surface area is 228 Å². The minimum atomic E-state index is -4.62. The molecule has 5 nitrogen and oxygen atoms in total. The van der Waals surface area contributed by atoms with Gasteiger partial charge in [-0.1, -0.05) is 0 Å². The predicted octanol–water partition coefficient (Wildman–Crippen LogP) is 6.16. The van der Waals surface area contributed by atoms with E-state index in [1.54, 1.807) is 12.1 Å². The van der Waals surface area contributed by atoms with Crippen LogP contribution in [0.1, 0.15) is 53.9 Å². The van der Waals surface area contributed by atoms with Gasteiger partial charge < -0.3 is 9.29 Å². The van der Waals surface area contributed by atoms with Crippen molar-refractivity contribution in [2.24, 2.45) is 23.7 Å². The minimum absolute atomic E-state index is 0.0413. The highest BCUT2D eigenvalue weighted by molar-refractivity contribution is 14.1. The van der Waals surface area contributed by atoms with E-state index in [0.29, 0.717) is 23.0 Å². The van der Waals surface area contributed by atoms with Gasteiger partial charge in [0.2, 0.25) is 0 Å². The molecule has 0 saturated heterocycles. The molecule has 0 amide bonds. The summed E-state index contributed by atoms with van der Waals surface area (Å²) in [7, 11) is -4.62. The second-order valence-electron chi connectivity index (χ2n) is 9.25. The molecule has 4 saturated carbocycles. The fourth-order valence-corrected chi connectivity index (χ4v) is 9.29. The molecule has 0 radical (unpaired) electrons. The van der Waals surface area contributed by atoms with Crippen LogP contribution in [0.5, 0.6) is 5.75 Å². The Morgan fingerprint density at radius 1 is 0.875 bits per heavy atom. The second kappa shape index (κ2) is 8.90. The molecule has 0 aliphatic heterocycles. The van der Waals surface area contributed by atoms with Crippen LogP contribution in [0, 0.1) is 34.4 Å². The van der Waals surface area contributed by atoms with E-state index in [0.717, 1.165) is 48.2 Å². The van der Waals surface area contributed by atoms with Crippen LogP contribution in [-0.2, 0) is 10.1 Å². The number of hydrogen-bond donors (Lipinski definition) is 0. The Morgan fingerprint density at radius 2 is 1.47 bits per heavy atom. The van der Waals surface area contributed by atoms with Crippen LogP contribution < -0.4 is 4.74 Å². The number of ether oxygens (including phenoxy) is 1. The molecule has 4 aliphatic carbocycles. The maximum atomic E-state index is 12.9. The van der Waals surface area contributed by atoms with E-state index in [1.807, 2.05) is 6.07 Å². The van der Waals surface area contributed by atoms with E-state index in [-0.39, 0.29) is 16.6 Å². The lowest BCUT2D eigenvalue weighted by Crippen LogP contribution is -2.44. The highest BCUT2D eigenvalue weighted by Crippen LogP contribution is 2.60. The first-order valence-corrected chi connectivity index (χ1v) is 15.2. The number of halogens is 3. The summed E-state index contributed by atoms with van der Waals surface area (Å²) in [5.41, 5.74) is 1.01. The Hall–Kier alpha value is 0.0100. The Morgan fingerprint density at radius 3 is 2.06 bits per heavy atom. The molecule has 0 heterocycles. The summed E-state index contributed by atoms with van der Waals surface area (Å²) in [6.07, 6.45) is 5.68. The lowest BCUT2D eigenvalue weighted by Gasteiger charge is -2.55. The molecular weight excluding hydrogens is 769 g/mol. The van der Waals surface area contributed by atoms with Crippen LogP contribution in [0.4, 0.5) is 0 Å². The van der Waals surface area contributed by atoms with Crippen LogP contribution in [0.2, 0.25) is 0 Å². The zero-order valence-corrected chi connectivity index (χ0v) is 24.2. The molecule has 0 N–H and O–H groups in total. The van der Waals surface area contributed by atoms with E-state index in [9.17, 15) is 17.8 Å². The van der Waals surface area contributed by atoms with Gasteiger partial charge in [0.15, 0.2) is 0 Å². The number of hydrogen-bond acceptors (Lipinski definition) is 5. The number of carbonyl (C=O) groups excluding carboxylic acids is 1. The van der Waals surface area contributed by atoms with Crippen LogP contribution in [0.15, 0.2) is 35.2 Å². The van der Waals surface area contributed by atoms with Crippen LogP contribution in [-0.4, -0.2) is 18.9 Å². The van der Waals surface area contributed by atoms with Gasteiger partial charge in [0.05, 0.1) is 10.5 Å². The topological polar surface area (TPSA) is 83.5 Å². The molecule has 2 aromatic rings. The number of esters is 1. The zero-order valence-electron chi connectivity index (χ0n) is 16.9. The summed E-state index contributed by atoms with van der Waals surface area (Å²) < 4.78 is 44.8. The molecule has 4 bridgehead atoms. The van der Waals surface area contributed by atoms with E-state index in [2.05, 4.69) is 67.8 Å². The normalized spacial score (nSPS) is 28.7. The van der Waals surface area contributed by atoms with Gasteiger partial charge in [0, 0.05) is 10.7 Å². The third-order valence-corrected chi connectivity index (χ3v) is 11.9. The molecule has 4 fully saturated rings. The first kappa shape index (κ1) is 23.7. The first-order chi connectivity index (χ1) is 15.1. The summed E-state index contributed by atoms with van der Waals surface area (Å²) >= 11 is 6.51. The highest BCUT2D eigenvalue weighted by Gasteiger charge is 2.49. The van der Waals surface area contributed by atoms with Crippen LogP contribution in [0.25, 0.3) is 0 Å². The van der Waals surface area contributed by atoms with Crippen molar-refractivity contribution >= 4 is 83.9 Å². The van der Waals surface area contributed by atoms with Gasteiger partial charge in [0.1, 0.15) is 15.9 Å². The van der Waals surface area contributed by atoms with E-state index < -0.39 is 16.1 Å². The summed E-state index contributed by atoms with van der Waals surface area (Å²) in [6.45, 7) is 0. The van der Waals surface area contributed by atoms with Gasteiger partial charge in [-0.2, -0.15) is 0 Å². The van der Waals surface area contributed by atoms with Gasteiger partial charge in [-0.15, -0.1) is 0 Å². The number of benzene rings is 2. The van der Waals surface area contributed by atoms with Crippen molar-refractivity contribution in [2.45, 2.75) is 42.9 Å². The third-order valence-electron chi connectivity index (χ3n) is 7.28. The molecule has 32 heavy (non-hydrogen) atoms. The van der Waals surface area contributed by atoms with E-state index >= 15 is 0 Å². The lowest BCUT2D eigenvalue weighted by molar-refractivity contribution is -0.00374. The Kier molecular flexibility index (Phi) is 6.60. The van der Waals surface area contributed by atoms with Gasteiger partial charge in [0.25, 0.3) is 0 Å². The smallest absolute Gasteiger partial charge is 0.344 e. The molecular formula is C23H20I3O5S-. The molecule has 6 rings (SSSR count). The number of carbonyl (C=O) groups is 1. The maximum Gasteiger partial charge on any atom is 0.344 e. The van der Waals surface area contributed by atoms with Crippen molar-refractivity contribution in [3.8, 4) is 5.75 Å². The summed E-state index contributed by atoms with van der Waals surface area (Å²) in [4.78, 5) is 12.7. The maximum absolute atomic E-state index is 12.9. The SMILES string of the molecule is O=C(Oc1ccc(S(=O)(=O)[O-])c(C2C3CC4CC(C3)CC2C4)c1)c1cc(I)c(I)cc1I. The molecule has 0 unspecified atom stereocenters. The van der Waals surface area contributed by atoms with E-state index in [4.69, 9.17) is 4.74 Å². The molecule has 9 heteroatoms. The van der Waals surface area contributed by atoms with Crippen molar-refractivity contribution in [1.82, 2.24) is 0 Å². The lowest BCUT2D eigenvalue weighted by atomic mass is 9.51. The van der Waals surface area contributed by atoms with Gasteiger partial charge in [-0.05, 0) is 165 Å². The van der Waals surface area contributed by atoms with Crippen LogP contribution >= 0.6 is 67.8 Å². The molecule has 0 spiro atoms. The van der Waals surface area contributed by atoms with Gasteiger partial charge in [-0.3, -0.25) is 0 Å². The molecule has 2 aromatic carbocycles. The first-order valence-electron chi connectivity index (χ1n) is 10.6. The van der Waals surface area contributed by atoms with Crippen molar-refractivity contribution in [1.29, 1.82) is 0 Å². The molecule has 0 atom stereocenters. The fourth-order valence-electron chi connectivity index (χ4n) is 6.35. The average Bonchev–Trinajstić information content (AvgIpc) is 2.69. The van der Waals surface area contributed by atoms with Gasteiger partial charge >= 0.3 is 5.97 Å². The zero-order chi connectivity index (χ0) is 22.8. The molecule has 4 aliphatic rings. The average molecular weight is 789 g/mol. The highest BCUT2D eigenvalue weighted by atomic mass is 127. The third kappa shape index (κ3) is 4.49. The van der Waals surface area contributed by atoms with Crippen molar-refractivity contribution in [2.75, 3.05) is 0 Å². The van der Waals surface area contributed by atoms with Crippen molar-refractivity contribution < 1.29 is 22.5 Å². The largest absolute Gasteiger partial charge is 0.744 e. The van der Waals surface area contributed by atoms with Crippen molar-refractivity contribution in [3.05, 3.63) is 52.2 Å². The summed E-state index contributed by atoms with van der Waals surface area (Å²) in [5, 5.41) is 0. The molecule has 0 aromatic heterocycles. The van der Waals surface area contributed by atoms with Crippen molar-refractivity contribution in [3.63, 3.8) is 0 Å². The quantitative estimate of drug-likeness (QED) is 0.122. The number of rotatable bonds is 4. The van der Waals surface area contributed by atoms with Crippen LogP contribution in [0.3, 0.4) is 0 Å².